The highest BCUT2D eigenvalue weighted by molar-refractivity contribution is 5.34. The van der Waals surface area contributed by atoms with Gasteiger partial charge in [0.2, 0.25) is 5.95 Å². The summed E-state index contributed by atoms with van der Waals surface area (Å²) in [6.07, 6.45) is 1.92. The molecule has 0 aliphatic carbocycles. The first kappa shape index (κ1) is 14.6. The van der Waals surface area contributed by atoms with Crippen molar-refractivity contribution in [3.63, 3.8) is 0 Å². The van der Waals surface area contributed by atoms with Crippen LogP contribution in [0.2, 0.25) is 0 Å². The molecule has 100 valence electrons. The van der Waals surface area contributed by atoms with Gasteiger partial charge in [-0.1, -0.05) is 19.1 Å². The molecule has 0 atom stereocenters. The number of nitrogens with one attached hydrogen (secondary N) is 1. The number of aryl methyl sites for hydroxylation is 1. The Balaban J connectivity index is 2.84. The Morgan fingerprint density at radius 2 is 2.17 bits per heavy atom. The largest absolute Gasteiger partial charge is 0.337 e. The molecule has 0 fully saturated rings. The molecule has 1 rings (SSSR count). The van der Waals surface area contributed by atoms with E-state index in [2.05, 4.69) is 40.6 Å². The average molecular weight is 248 g/mol. The molecule has 0 radical (unpaired) electrons. The molecule has 0 saturated heterocycles. The number of aromatic nitrogens is 2. The van der Waals surface area contributed by atoms with E-state index in [9.17, 15) is 0 Å². The predicted octanol–water partition coefficient (Wildman–Crippen LogP) is 2.30. The number of nitrogens with zero attached hydrogens (tertiary/aromatic N) is 3. The van der Waals surface area contributed by atoms with E-state index in [0.717, 1.165) is 49.0 Å². The lowest BCUT2D eigenvalue weighted by molar-refractivity contribution is 0.713. The van der Waals surface area contributed by atoms with Gasteiger partial charge < -0.3 is 10.2 Å². The highest BCUT2D eigenvalue weighted by Gasteiger charge is 2.09. The van der Waals surface area contributed by atoms with Gasteiger partial charge in [0.1, 0.15) is 0 Å². The van der Waals surface area contributed by atoms with Crippen LogP contribution < -0.4 is 10.2 Å². The van der Waals surface area contributed by atoms with Gasteiger partial charge in [-0.2, -0.15) is 0 Å². The molecule has 0 aliphatic heterocycles. The quantitative estimate of drug-likeness (QED) is 0.752. The third-order valence-corrected chi connectivity index (χ3v) is 2.76. The van der Waals surface area contributed by atoms with Crippen LogP contribution in [-0.4, -0.2) is 29.6 Å². The normalized spacial score (nSPS) is 10.4. The first-order valence-electron chi connectivity index (χ1n) is 6.51. The maximum absolute atomic E-state index is 4.58. The Bertz CT molecular complexity index is 401. The van der Waals surface area contributed by atoms with Gasteiger partial charge in [0.05, 0.1) is 0 Å². The van der Waals surface area contributed by atoms with Crippen LogP contribution in [-0.2, 0) is 6.54 Å². The molecular weight excluding hydrogens is 224 g/mol. The van der Waals surface area contributed by atoms with Crippen molar-refractivity contribution in [2.75, 3.05) is 24.5 Å². The lowest BCUT2D eigenvalue weighted by Crippen LogP contribution is -2.27. The molecule has 0 unspecified atom stereocenters. The van der Waals surface area contributed by atoms with Gasteiger partial charge in [0, 0.05) is 37.1 Å². The van der Waals surface area contributed by atoms with Gasteiger partial charge >= 0.3 is 0 Å². The fourth-order valence-electron chi connectivity index (χ4n) is 1.72. The highest BCUT2D eigenvalue weighted by atomic mass is 15.2. The predicted molar refractivity (Wildman–Crippen MR) is 76.9 cm³/mol. The summed E-state index contributed by atoms with van der Waals surface area (Å²) < 4.78 is 0. The van der Waals surface area contributed by atoms with Crippen molar-refractivity contribution in [2.24, 2.45) is 0 Å². The minimum Gasteiger partial charge on any atom is -0.337 e. The molecule has 0 aliphatic rings. The second-order valence-corrected chi connectivity index (χ2v) is 4.53. The zero-order valence-corrected chi connectivity index (χ0v) is 12.0. The number of rotatable bonds is 7. The summed E-state index contributed by atoms with van der Waals surface area (Å²) in [4.78, 5) is 11.2. The van der Waals surface area contributed by atoms with Crippen LogP contribution in [0.1, 0.15) is 32.0 Å². The highest BCUT2D eigenvalue weighted by Crippen LogP contribution is 2.12. The summed E-state index contributed by atoms with van der Waals surface area (Å²) in [6, 6.07) is 0. The van der Waals surface area contributed by atoms with Gasteiger partial charge in [-0.3, -0.25) is 0 Å². The molecule has 1 N–H and O–H groups in total. The Kier molecular flexibility index (Phi) is 5.78. The number of hydrogen-bond acceptors (Lipinski definition) is 4. The van der Waals surface area contributed by atoms with Gasteiger partial charge in [-0.15, -0.1) is 0 Å². The van der Waals surface area contributed by atoms with Crippen molar-refractivity contribution in [3.05, 3.63) is 29.6 Å². The van der Waals surface area contributed by atoms with Gasteiger partial charge in [0.25, 0.3) is 0 Å². The second kappa shape index (κ2) is 7.11. The average Bonchev–Trinajstić information content (AvgIpc) is 2.34. The summed E-state index contributed by atoms with van der Waals surface area (Å²) in [5.41, 5.74) is 3.32. The molecule has 18 heavy (non-hydrogen) atoms. The zero-order chi connectivity index (χ0) is 13.5. The fourth-order valence-corrected chi connectivity index (χ4v) is 1.72. The van der Waals surface area contributed by atoms with Gasteiger partial charge in [0.15, 0.2) is 0 Å². The molecule has 1 aromatic rings. The molecule has 0 saturated carbocycles. The van der Waals surface area contributed by atoms with E-state index in [1.54, 1.807) is 0 Å². The standard InChI is InChI=1S/C14H24N4/c1-6-15-8-13-9-16-14(17-12(13)5)18(7-2)10-11(3)4/h9,15H,3,6-8,10H2,1-2,4-5H3. The van der Waals surface area contributed by atoms with Crippen LogP contribution in [0.5, 0.6) is 0 Å². The number of likely N-dealkylation sites (N-methyl/N-ethyl adjacent to an activating group) is 1. The van der Waals surface area contributed by atoms with E-state index in [1.807, 2.05) is 20.0 Å². The van der Waals surface area contributed by atoms with E-state index in [4.69, 9.17) is 0 Å². The van der Waals surface area contributed by atoms with E-state index in [0.29, 0.717) is 0 Å². The second-order valence-electron chi connectivity index (χ2n) is 4.53. The van der Waals surface area contributed by atoms with E-state index < -0.39 is 0 Å². The van der Waals surface area contributed by atoms with Crippen molar-refractivity contribution >= 4 is 5.95 Å². The summed E-state index contributed by atoms with van der Waals surface area (Å²) in [7, 11) is 0. The maximum atomic E-state index is 4.58. The van der Waals surface area contributed by atoms with Crippen LogP contribution in [0.15, 0.2) is 18.3 Å². The minimum atomic E-state index is 0.790. The molecule has 1 heterocycles. The topological polar surface area (TPSA) is 41.1 Å². The molecule has 0 spiro atoms. The fraction of sp³-hybridized carbons (Fsp3) is 0.571. The van der Waals surface area contributed by atoms with E-state index >= 15 is 0 Å². The van der Waals surface area contributed by atoms with E-state index in [1.165, 1.54) is 0 Å². The summed E-state index contributed by atoms with van der Waals surface area (Å²) >= 11 is 0. The molecule has 1 aromatic heterocycles. The Labute approximate surface area is 110 Å². The van der Waals surface area contributed by atoms with Crippen LogP contribution in [0.25, 0.3) is 0 Å². The lowest BCUT2D eigenvalue weighted by atomic mass is 10.2. The first-order chi connectivity index (χ1) is 8.58. The Hall–Kier alpha value is -1.42. The Morgan fingerprint density at radius 1 is 1.44 bits per heavy atom. The number of hydrogen-bond donors (Lipinski definition) is 1. The number of anilines is 1. The minimum absolute atomic E-state index is 0.790. The van der Waals surface area contributed by atoms with Crippen molar-refractivity contribution in [3.8, 4) is 0 Å². The summed E-state index contributed by atoms with van der Waals surface area (Å²) in [5.74, 6) is 0.790. The molecule has 0 bridgehead atoms. The third kappa shape index (κ3) is 4.11. The summed E-state index contributed by atoms with van der Waals surface area (Å²) in [5, 5.41) is 3.29. The summed E-state index contributed by atoms with van der Waals surface area (Å²) in [6.45, 7) is 15.7. The van der Waals surface area contributed by atoms with Crippen LogP contribution in [0.4, 0.5) is 5.95 Å². The first-order valence-corrected chi connectivity index (χ1v) is 6.51. The zero-order valence-electron chi connectivity index (χ0n) is 12.0. The smallest absolute Gasteiger partial charge is 0.225 e. The molecule has 0 amide bonds. The van der Waals surface area contributed by atoms with Crippen molar-refractivity contribution in [1.29, 1.82) is 0 Å². The molecule has 4 heteroatoms. The maximum Gasteiger partial charge on any atom is 0.225 e. The Morgan fingerprint density at radius 3 is 2.67 bits per heavy atom. The SMILES string of the molecule is C=C(C)CN(CC)c1ncc(CNCC)c(C)n1. The molecule has 0 aromatic carbocycles. The van der Waals surface area contributed by atoms with Crippen molar-refractivity contribution in [1.82, 2.24) is 15.3 Å². The van der Waals surface area contributed by atoms with Gasteiger partial charge in [-0.25, -0.2) is 9.97 Å². The van der Waals surface area contributed by atoms with Crippen molar-refractivity contribution < 1.29 is 0 Å². The van der Waals surface area contributed by atoms with Gasteiger partial charge in [-0.05, 0) is 27.3 Å². The van der Waals surface area contributed by atoms with Crippen LogP contribution in [0, 0.1) is 6.92 Å². The lowest BCUT2D eigenvalue weighted by Gasteiger charge is -2.21. The van der Waals surface area contributed by atoms with Crippen LogP contribution >= 0.6 is 0 Å². The molecular formula is C14H24N4. The van der Waals surface area contributed by atoms with E-state index in [-0.39, 0.29) is 0 Å². The van der Waals surface area contributed by atoms with Crippen molar-refractivity contribution in [2.45, 2.75) is 34.2 Å². The molecule has 4 nitrogen and oxygen atoms in total. The monoisotopic (exact) mass is 248 g/mol. The third-order valence-electron chi connectivity index (χ3n) is 2.76. The van der Waals surface area contributed by atoms with Crippen LogP contribution in [0.3, 0.4) is 0 Å².